The fraction of sp³-hybridized carbons (Fsp3) is 0.611. The zero-order valence-corrected chi connectivity index (χ0v) is 14.9. The van der Waals surface area contributed by atoms with Crippen LogP contribution in [-0.2, 0) is 16.1 Å². The molecule has 2 fully saturated rings. The number of rotatable bonds is 4. The molecule has 0 unspecified atom stereocenters. The van der Waals surface area contributed by atoms with Gasteiger partial charge in [0.15, 0.2) is 0 Å². The van der Waals surface area contributed by atoms with E-state index < -0.39 is 0 Å². The largest absolute Gasteiger partial charge is 0.377 e. The van der Waals surface area contributed by atoms with E-state index in [1.165, 1.54) is 6.07 Å². The third kappa shape index (κ3) is 3.90. The lowest BCUT2D eigenvalue weighted by Gasteiger charge is -2.35. The van der Waals surface area contributed by atoms with E-state index in [2.05, 4.69) is 4.90 Å². The number of nitrogens with zero attached hydrogens (tertiary/aromatic N) is 2. The SMILES string of the molecule is CN(C)C(=O)C[C@H]1OC[C@H]2CN(Cc3ccc(Cl)c(F)c3)CC[C@H]21. The number of carbonyl (C=O) groups is 1. The molecule has 6 heteroatoms. The molecule has 2 heterocycles. The Morgan fingerprint density at radius 1 is 1.46 bits per heavy atom. The summed E-state index contributed by atoms with van der Waals surface area (Å²) in [5, 5.41) is 0.162. The monoisotopic (exact) mass is 354 g/mol. The van der Waals surface area contributed by atoms with Crippen molar-refractivity contribution in [2.45, 2.75) is 25.5 Å². The molecule has 2 aliphatic rings. The van der Waals surface area contributed by atoms with E-state index in [0.717, 1.165) is 31.6 Å². The van der Waals surface area contributed by atoms with E-state index in [9.17, 15) is 9.18 Å². The first kappa shape index (κ1) is 17.6. The predicted molar refractivity (Wildman–Crippen MR) is 91.3 cm³/mol. The first-order chi connectivity index (χ1) is 11.4. The summed E-state index contributed by atoms with van der Waals surface area (Å²) in [5.74, 6) is 0.665. The summed E-state index contributed by atoms with van der Waals surface area (Å²) in [6.45, 7) is 3.31. The molecule has 0 radical (unpaired) electrons. The third-order valence-electron chi connectivity index (χ3n) is 5.14. The second-order valence-corrected chi connectivity index (χ2v) is 7.47. The predicted octanol–water partition coefficient (Wildman–Crippen LogP) is 2.79. The summed E-state index contributed by atoms with van der Waals surface area (Å²) in [4.78, 5) is 15.9. The molecule has 1 amide bonds. The first-order valence-electron chi connectivity index (χ1n) is 8.42. The number of benzene rings is 1. The van der Waals surface area contributed by atoms with Crippen molar-refractivity contribution in [3.05, 3.63) is 34.6 Å². The molecule has 3 atom stereocenters. The number of fused-ring (bicyclic) bond motifs is 1. The number of hydrogen-bond donors (Lipinski definition) is 0. The molecule has 0 N–H and O–H groups in total. The van der Waals surface area contributed by atoms with Gasteiger partial charge in [-0.25, -0.2) is 4.39 Å². The van der Waals surface area contributed by atoms with Gasteiger partial charge >= 0.3 is 0 Å². The van der Waals surface area contributed by atoms with Crippen LogP contribution in [0.15, 0.2) is 18.2 Å². The molecule has 4 nitrogen and oxygen atoms in total. The number of amides is 1. The van der Waals surface area contributed by atoms with Crippen molar-refractivity contribution in [2.75, 3.05) is 33.8 Å². The van der Waals surface area contributed by atoms with Gasteiger partial charge in [0, 0.05) is 33.1 Å². The highest BCUT2D eigenvalue weighted by molar-refractivity contribution is 6.30. The third-order valence-corrected chi connectivity index (χ3v) is 5.45. The normalized spacial score (nSPS) is 27.1. The van der Waals surface area contributed by atoms with Crippen LogP contribution in [0.1, 0.15) is 18.4 Å². The van der Waals surface area contributed by atoms with Gasteiger partial charge in [0.25, 0.3) is 0 Å². The molecule has 1 aromatic rings. The molecule has 132 valence electrons. The molecule has 0 aromatic heterocycles. The van der Waals surface area contributed by atoms with Crippen molar-refractivity contribution in [3.8, 4) is 0 Å². The van der Waals surface area contributed by atoms with Crippen LogP contribution in [0, 0.1) is 17.7 Å². The molecule has 0 spiro atoms. The van der Waals surface area contributed by atoms with Gasteiger partial charge in [-0.05, 0) is 36.6 Å². The molecule has 2 saturated heterocycles. The summed E-state index contributed by atoms with van der Waals surface area (Å²) in [5.41, 5.74) is 0.939. The fourth-order valence-corrected chi connectivity index (χ4v) is 3.88. The minimum Gasteiger partial charge on any atom is -0.377 e. The van der Waals surface area contributed by atoms with E-state index in [1.54, 1.807) is 25.1 Å². The van der Waals surface area contributed by atoms with Gasteiger partial charge in [-0.15, -0.1) is 0 Å². The van der Waals surface area contributed by atoms with Crippen molar-refractivity contribution in [3.63, 3.8) is 0 Å². The van der Waals surface area contributed by atoms with E-state index in [1.807, 2.05) is 6.07 Å². The molecule has 2 aliphatic heterocycles. The average Bonchev–Trinajstić information content (AvgIpc) is 2.93. The van der Waals surface area contributed by atoms with Crippen molar-refractivity contribution in [1.29, 1.82) is 0 Å². The van der Waals surface area contributed by atoms with Crippen LogP contribution in [-0.4, -0.2) is 55.6 Å². The molecule has 24 heavy (non-hydrogen) atoms. The second kappa shape index (κ2) is 7.38. The van der Waals surface area contributed by atoms with Crippen LogP contribution in [0.4, 0.5) is 4.39 Å². The zero-order chi connectivity index (χ0) is 17.3. The Hall–Kier alpha value is -1.17. The summed E-state index contributed by atoms with van der Waals surface area (Å²) < 4.78 is 19.5. The minimum absolute atomic E-state index is 0.0417. The Kier molecular flexibility index (Phi) is 5.42. The van der Waals surface area contributed by atoms with Crippen molar-refractivity contribution in [2.24, 2.45) is 11.8 Å². The Morgan fingerprint density at radius 2 is 2.25 bits per heavy atom. The average molecular weight is 355 g/mol. The molecular weight excluding hydrogens is 331 g/mol. The maximum absolute atomic E-state index is 13.6. The lowest BCUT2D eigenvalue weighted by molar-refractivity contribution is -0.131. The topological polar surface area (TPSA) is 32.8 Å². The molecule has 0 saturated carbocycles. The maximum Gasteiger partial charge on any atom is 0.224 e. The summed E-state index contributed by atoms with van der Waals surface area (Å²) in [7, 11) is 3.56. The maximum atomic E-state index is 13.6. The molecule has 0 bridgehead atoms. The fourth-order valence-electron chi connectivity index (χ4n) is 3.77. The Morgan fingerprint density at radius 3 is 2.96 bits per heavy atom. The highest BCUT2D eigenvalue weighted by Gasteiger charge is 2.41. The van der Waals surface area contributed by atoms with Crippen molar-refractivity contribution < 1.29 is 13.9 Å². The van der Waals surface area contributed by atoms with Crippen LogP contribution in [0.3, 0.4) is 0 Å². The zero-order valence-electron chi connectivity index (χ0n) is 14.2. The highest BCUT2D eigenvalue weighted by Crippen LogP contribution is 2.36. The Labute approximate surface area is 147 Å². The number of halogens is 2. The lowest BCUT2D eigenvalue weighted by Crippen LogP contribution is -2.41. The standard InChI is InChI=1S/C18H24ClFN2O2/c1-21(2)18(23)8-17-14-5-6-22(10-13(14)11-24-17)9-12-3-4-15(19)16(20)7-12/h3-4,7,13-14,17H,5-6,8-11H2,1-2H3/t13-,14-,17-/m1/s1. The first-order valence-corrected chi connectivity index (χ1v) is 8.80. The summed E-state index contributed by atoms with van der Waals surface area (Å²) in [6, 6.07) is 5.00. The molecular formula is C18H24ClFN2O2. The number of carbonyl (C=O) groups excluding carboxylic acids is 1. The number of hydrogen-bond acceptors (Lipinski definition) is 3. The van der Waals surface area contributed by atoms with E-state index in [0.29, 0.717) is 24.9 Å². The van der Waals surface area contributed by atoms with Crippen LogP contribution in [0.25, 0.3) is 0 Å². The van der Waals surface area contributed by atoms with Gasteiger partial charge < -0.3 is 9.64 Å². The molecule has 3 rings (SSSR count). The van der Waals surface area contributed by atoms with Crippen molar-refractivity contribution >= 4 is 17.5 Å². The number of ether oxygens (including phenoxy) is 1. The summed E-state index contributed by atoms with van der Waals surface area (Å²) >= 11 is 5.74. The number of likely N-dealkylation sites (tertiary alicyclic amines) is 1. The summed E-state index contributed by atoms with van der Waals surface area (Å²) in [6.07, 6.45) is 1.53. The van der Waals surface area contributed by atoms with E-state index in [4.69, 9.17) is 16.3 Å². The van der Waals surface area contributed by atoms with Crippen LogP contribution in [0.2, 0.25) is 5.02 Å². The molecule has 0 aliphatic carbocycles. The van der Waals surface area contributed by atoms with Gasteiger partial charge in [0.2, 0.25) is 5.91 Å². The van der Waals surface area contributed by atoms with Gasteiger partial charge in [-0.2, -0.15) is 0 Å². The highest BCUT2D eigenvalue weighted by atomic mass is 35.5. The van der Waals surface area contributed by atoms with Gasteiger partial charge in [0.1, 0.15) is 5.82 Å². The smallest absolute Gasteiger partial charge is 0.224 e. The van der Waals surface area contributed by atoms with Gasteiger partial charge in [0.05, 0.1) is 24.2 Å². The molecule has 1 aromatic carbocycles. The van der Waals surface area contributed by atoms with Crippen LogP contribution in [0.5, 0.6) is 0 Å². The Bertz CT molecular complexity index is 611. The Balaban J connectivity index is 1.56. The second-order valence-electron chi connectivity index (χ2n) is 7.06. The van der Waals surface area contributed by atoms with Crippen molar-refractivity contribution in [1.82, 2.24) is 9.80 Å². The van der Waals surface area contributed by atoms with E-state index in [-0.39, 0.29) is 22.9 Å². The lowest BCUT2D eigenvalue weighted by atomic mass is 9.83. The van der Waals surface area contributed by atoms with E-state index >= 15 is 0 Å². The van der Waals surface area contributed by atoms with Gasteiger partial charge in [-0.1, -0.05) is 17.7 Å². The van der Waals surface area contributed by atoms with Crippen LogP contribution >= 0.6 is 11.6 Å². The van der Waals surface area contributed by atoms with Gasteiger partial charge in [-0.3, -0.25) is 9.69 Å². The van der Waals surface area contributed by atoms with Crippen LogP contribution < -0.4 is 0 Å². The minimum atomic E-state index is -0.365. The quantitative estimate of drug-likeness (QED) is 0.833. The number of piperidine rings is 1.